The van der Waals surface area contributed by atoms with Gasteiger partial charge in [0.25, 0.3) is 0 Å². The summed E-state index contributed by atoms with van der Waals surface area (Å²) < 4.78 is 1.08. The van der Waals surface area contributed by atoms with E-state index < -0.39 is 5.10 Å². The molecule has 0 heterocycles. The molecule has 1 aromatic rings. The number of halogens is 1. The van der Waals surface area contributed by atoms with Crippen molar-refractivity contribution < 1.29 is 5.11 Å². The van der Waals surface area contributed by atoms with Crippen LogP contribution in [0.1, 0.15) is 0 Å². The van der Waals surface area contributed by atoms with Gasteiger partial charge in [-0.1, -0.05) is 15.9 Å². The fourth-order valence-electron chi connectivity index (χ4n) is 0.723. The van der Waals surface area contributed by atoms with E-state index in [1.807, 2.05) is 12.1 Å². The van der Waals surface area contributed by atoms with Gasteiger partial charge in [0.15, 0.2) is 11.8 Å². The molecule has 0 aliphatic rings. The van der Waals surface area contributed by atoms with Crippen LogP contribution >= 0.6 is 43.8 Å². The zero-order valence-corrected chi connectivity index (χ0v) is 12.2. The fourth-order valence-corrected chi connectivity index (χ4v) is 6.80. The molecule has 1 N–H and O–H groups in total. The summed E-state index contributed by atoms with van der Waals surface area (Å²) in [6, 6.07) is 8.13. The molecule has 14 heavy (non-hydrogen) atoms. The second-order valence-electron chi connectivity index (χ2n) is 2.33. The lowest BCUT2D eigenvalue weighted by molar-refractivity contribution is 0.323. The van der Waals surface area contributed by atoms with Crippen molar-refractivity contribution in [3.05, 3.63) is 28.7 Å². The number of aliphatic hydroxyl groups excluding tert-OH is 1. The highest BCUT2D eigenvalue weighted by atomic mass is 79.9. The van der Waals surface area contributed by atoms with Gasteiger partial charge in [0, 0.05) is 4.47 Å². The maximum Gasteiger partial charge on any atom is 0.322 e. The Balaban J connectivity index is 2.44. The Morgan fingerprint density at radius 3 is 2.57 bits per heavy atom. The Labute approximate surface area is 106 Å². The lowest BCUT2D eigenvalue weighted by Gasteiger charge is -1.92. The molecule has 1 aromatic carbocycles. The van der Waals surface area contributed by atoms with Crippen LogP contribution in [0, 0.1) is 0 Å². The molecule has 1 rings (SSSR count). The van der Waals surface area contributed by atoms with E-state index in [4.69, 9.17) is 16.9 Å². The highest BCUT2D eigenvalue weighted by Crippen LogP contribution is 2.53. The highest BCUT2D eigenvalue weighted by molar-refractivity contribution is 9.10. The van der Waals surface area contributed by atoms with Crippen LogP contribution in [0.4, 0.5) is 0 Å². The lowest BCUT2D eigenvalue weighted by atomic mass is 10.4. The lowest BCUT2D eigenvalue weighted by Crippen LogP contribution is -1.80. The summed E-state index contributed by atoms with van der Waals surface area (Å²) >= 11 is 12.0. The topological polar surface area (TPSA) is 20.2 Å². The summed E-state index contributed by atoms with van der Waals surface area (Å²) in [7, 11) is 0. The van der Waals surface area contributed by atoms with Crippen molar-refractivity contribution >= 4 is 55.6 Å². The van der Waals surface area contributed by atoms with Gasteiger partial charge in [-0.15, -0.1) is 0 Å². The first-order valence-electron chi connectivity index (χ1n) is 3.87. The Kier molecular flexibility index (Phi) is 6.66. The van der Waals surface area contributed by atoms with Gasteiger partial charge in [0.05, 0.1) is 17.3 Å². The van der Waals surface area contributed by atoms with E-state index in [0.29, 0.717) is 0 Å². The van der Waals surface area contributed by atoms with E-state index in [2.05, 4.69) is 28.1 Å². The average Bonchev–Trinajstić information content (AvgIpc) is 2.18. The normalized spacial score (nSPS) is 11.4. The molecular formula is C8H9BrOPS3+. The predicted molar refractivity (Wildman–Crippen MR) is 73.8 cm³/mol. The van der Waals surface area contributed by atoms with Crippen LogP contribution in [0.2, 0.25) is 0 Å². The van der Waals surface area contributed by atoms with Crippen molar-refractivity contribution in [3.63, 3.8) is 0 Å². The maximum atomic E-state index is 8.65. The van der Waals surface area contributed by atoms with Gasteiger partial charge in [-0.05, 0) is 24.3 Å². The van der Waals surface area contributed by atoms with E-state index in [0.717, 1.165) is 10.2 Å². The Bertz CT molecular complexity index is 304. The molecule has 0 radical (unpaired) electrons. The van der Waals surface area contributed by atoms with Gasteiger partial charge in [0.1, 0.15) is 22.8 Å². The van der Waals surface area contributed by atoms with Crippen molar-refractivity contribution in [1.29, 1.82) is 0 Å². The molecule has 6 heteroatoms. The first kappa shape index (κ1) is 12.9. The fraction of sp³-hybridized carbons (Fsp3) is 0.250. The van der Waals surface area contributed by atoms with Gasteiger partial charge in [-0.25, -0.2) is 0 Å². The third kappa shape index (κ3) is 5.10. The van der Waals surface area contributed by atoms with Crippen molar-refractivity contribution in [1.82, 2.24) is 0 Å². The Hall–Kier alpha value is 0.880. The minimum atomic E-state index is -0.531. The summed E-state index contributed by atoms with van der Waals surface area (Å²) in [5.74, 6) is 0.735. The van der Waals surface area contributed by atoms with Crippen LogP contribution in [-0.2, 0) is 11.8 Å². The molecule has 0 saturated carbocycles. The first-order valence-corrected chi connectivity index (χ1v) is 10.0. The van der Waals surface area contributed by atoms with Crippen molar-refractivity contribution in [2.24, 2.45) is 0 Å². The molecule has 0 bridgehead atoms. The van der Waals surface area contributed by atoms with Crippen LogP contribution in [0.5, 0.6) is 0 Å². The van der Waals surface area contributed by atoms with Crippen molar-refractivity contribution in [2.45, 2.75) is 4.90 Å². The molecule has 76 valence electrons. The van der Waals surface area contributed by atoms with E-state index in [1.165, 1.54) is 4.90 Å². The number of hydrogen-bond acceptors (Lipinski definition) is 4. The van der Waals surface area contributed by atoms with E-state index >= 15 is 0 Å². The van der Waals surface area contributed by atoms with Crippen LogP contribution in [0.3, 0.4) is 0 Å². The minimum absolute atomic E-state index is 0.209. The van der Waals surface area contributed by atoms with Crippen LogP contribution in [0.15, 0.2) is 33.6 Å². The molecule has 1 atom stereocenters. The first-order chi connectivity index (χ1) is 6.72. The molecule has 0 fully saturated rings. The van der Waals surface area contributed by atoms with Crippen LogP contribution in [0.25, 0.3) is 0 Å². The third-order valence-corrected chi connectivity index (χ3v) is 8.52. The summed E-state index contributed by atoms with van der Waals surface area (Å²) in [5, 5.41) is 8.11. The number of hydrogen-bond donors (Lipinski definition) is 1. The summed E-state index contributed by atoms with van der Waals surface area (Å²) in [5.41, 5.74) is 0. The van der Waals surface area contributed by atoms with Gasteiger partial charge < -0.3 is 5.11 Å². The number of rotatable bonds is 5. The summed E-state index contributed by atoms with van der Waals surface area (Å²) in [6.07, 6.45) is 0. The molecule has 0 aliphatic heterocycles. The zero-order chi connectivity index (χ0) is 10.4. The van der Waals surface area contributed by atoms with Gasteiger partial charge >= 0.3 is 5.10 Å². The maximum absolute atomic E-state index is 8.65. The molecule has 1 nitrogen and oxygen atoms in total. The summed E-state index contributed by atoms with van der Waals surface area (Å²) in [6.45, 7) is 0.209. The van der Waals surface area contributed by atoms with Crippen LogP contribution < -0.4 is 0 Å². The quantitative estimate of drug-likeness (QED) is 0.823. The second-order valence-corrected chi connectivity index (χ2v) is 11.7. The molecule has 0 aliphatic carbocycles. The summed E-state index contributed by atoms with van der Waals surface area (Å²) in [4.78, 5) is 1.19. The molecular weight excluding hydrogens is 319 g/mol. The molecule has 0 amide bonds. The Morgan fingerprint density at radius 2 is 2.00 bits per heavy atom. The average molecular weight is 328 g/mol. The second kappa shape index (κ2) is 7.20. The molecule has 0 aromatic heterocycles. The molecule has 0 spiro atoms. The van der Waals surface area contributed by atoms with E-state index in [9.17, 15) is 0 Å². The van der Waals surface area contributed by atoms with Crippen molar-refractivity contribution in [3.8, 4) is 0 Å². The van der Waals surface area contributed by atoms with Gasteiger partial charge in [0.2, 0.25) is 0 Å². The highest BCUT2D eigenvalue weighted by Gasteiger charge is 2.14. The number of benzene rings is 1. The molecule has 0 saturated heterocycles. The van der Waals surface area contributed by atoms with Crippen molar-refractivity contribution in [2.75, 3.05) is 12.4 Å². The number of aliphatic hydroxyl groups is 1. The molecule has 1 unspecified atom stereocenters. The van der Waals surface area contributed by atoms with Crippen LogP contribution in [-0.4, -0.2) is 17.5 Å². The van der Waals surface area contributed by atoms with Gasteiger partial charge in [-0.2, -0.15) is 0 Å². The largest absolute Gasteiger partial charge is 0.395 e. The predicted octanol–water partition coefficient (Wildman–Crippen LogP) is 4.04. The van der Waals surface area contributed by atoms with E-state index in [1.54, 1.807) is 22.8 Å². The Morgan fingerprint density at radius 1 is 1.36 bits per heavy atom. The standard InChI is InChI=1S/C8H9BrOPS3/c9-7-1-3-8(4-2-7)14-11(12)13-6-5-10/h1-4,10H,5-6H2/q+1. The monoisotopic (exact) mass is 327 g/mol. The van der Waals surface area contributed by atoms with Gasteiger partial charge in [-0.3, -0.25) is 0 Å². The zero-order valence-electron chi connectivity index (χ0n) is 7.22. The third-order valence-electron chi connectivity index (χ3n) is 1.28. The van der Waals surface area contributed by atoms with E-state index in [-0.39, 0.29) is 6.61 Å². The smallest absolute Gasteiger partial charge is 0.322 e. The minimum Gasteiger partial charge on any atom is -0.395 e. The SMILES string of the molecule is OCCS[P+](=S)Sc1ccc(Br)cc1.